The lowest BCUT2D eigenvalue weighted by molar-refractivity contribution is 0.102. The van der Waals surface area contributed by atoms with Gasteiger partial charge < -0.3 is 15.7 Å². The highest BCUT2D eigenvalue weighted by Gasteiger charge is 2.15. The van der Waals surface area contributed by atoms with Crippen molar-refractivity contribution >= 4 is 29.1 Å². The fourth-order valence-electron chi connectivity index (χ4n) is 3.55. The van der Waals surface area contributed by atoms with Crippen molar-refractivity contribution in [3.63, 3.8) is 0 Å². The summed E-state index contributed by atoms with van der Waals surface area (Å²) < 4.78 is 0. The predicted octanol–water partition coefficient (Wildman–Crippen LogP) is 5.75. The van der Waals surface area contributed by atoms with E-state index in [1.54, 1.807) is 24.4 Å². The number of benzene rings is 3. The molecule has 3 aromatic carbocycles. The van der Waals surface area contributed by atoms with Gasteiger partial charge in [0.05, 0.1) is 0 Å². The third-order valence-corrected chi connectivity index (χ3v) is 5.18. The molecule has 4 N–H and O–H groups in total. The van der Waals surface area contributed by atoms with Gasteiger partial charge in [-0.1, -0.05) is 42.5 Å². The molecule has 0 fully saturated rings. The molecule has 4 aromatic rings. The molecule has 0 aliphatic carbocycles. The van der Waals surface area contributed by atoms with Gasteiger partial charge in [-0.2, -0.15) is 0 Å². The van der Waals surface area contributed by atoms with Crippen LogP contribution in [0.15, 0.2) is 97.2 Å². The molecule has 0 saturated heterocycles. The van der Waals surface area contributed by atoms with Crippen molar-refractivity contribution in [2.75, 3.05) is 22.5 Å². The molecule has 7 heteroatoms. The van der Waals surface area contributed by atoms with Gasteiger partial charge in [-0.15, -0.1) is 0 Å². The Kier molecular flexibility index (Phi) is 7.15. The molecule has 1 aromatic heterocycles. The second kappa shape index (κ2) is 10.8. The third-order valence-electron chi connectivity index (χ3n) is 5.18. The zero-order valence-electron chi connectivity index (χ0n) is 18.4. The first-order valence-electron chi connectivity index (χ1n) is 10.8. The normalized spacial score (nSPS) is 10.4. The lowest BCUT2D eigenvalue weighted by Crippen LogP contribution is -2.15. The number of hydrogen-bond acceptors (Lipinski definition) is 4. The van der Waals surface area contributed by atoms with Gasteiger partial charge in [0, 0.05) is 47.5 Å². The van der Waals surface area contributed by atoms with E-state index in [4.69, 9.17) is 5.11 Å². The number of nitrogens with one attached hydrogen (secondary N) is 3. The van der Waals surface area contributed by atoms with Crippen molar-refractivity contribution in [3.8, 4) is 11.1 Å². The summed E-state index contributed by atoms with van der Waals surface area (Å²) in [6.07, 6.45) is 1.40. The monoisotopic (exact) mass is 452 g/mol. The molecule has 0 saturated carbocycles. The van der Waals surface area contributed by atoms with Crippen LogP contribution in [0.1, 0.15) is 16.1 Å². The summed E-state index contributed by atoms with van der Waals surface area (Å²) in [6.45, 7) is 0.743. The molecule has 0 aliphatic rings. The molecular formula is C27H24N4O3. The Hall–Kier alpha value is -4.65. The molecular weight excluding hydrogens is 428 g/mol. The van der Waals surface area contributed by atoms with Crippen molar-refractivity contribution in [1.29, 1.82) is 0 Å². The summed E-state index contributed by atoms with van der Waals surface area (Å²) in [5, 5.41) is 17.6. The topological polar surface area (TPSA) is 103 Å². The standard InChI is InChI=1S/C27H24N4O3/c32-26(25-18-23(31-27(33)34)13-14-24(25)19-6-2-1-3-7-19)30-22-11-9-21(10-12-22)29-17-15-20-8-4-5-16-28-20/h1-14,16,18,29,31H,15,17H2,(H,30,32)(H,33,34). The Bertz CT molecular complexity index is 1260. The summed E-state index contributed by atoms with van der Waals surface area (Å²) in [4.78, 5) is 28.5. The van der Waals surface area contributed by atoms with Crippen LogP contribution in [0.4, 0.5) is 21.9 Å². The molecule has 34 heavy (non-hydrogen) atoms. The number of aromatic nitrogens is 1. The number of amides is 2. The van der Waals surface area contributed by atoms with Crippen LogP contribution < -0.4 is 16.0 Å². The Balaban J connectivity index is 1.46. The quantitative estimate of drug-likeness (QED) is 0.273. The number of nitrogens with zero attached hydrogens (tertiary/aromatic N) is 1. The van der Waals surface area contributed by atoms with E-state index in [0.29, 0.717) is 22.5 Å². The molecule has 0 radical (unpaired) electrons. The maximum absolute atomic E-state index is 13.2. The van der Waals surface area contributed by atoms with Crippen LogP contribution in [0.2, 0.25) is 0 Å². The molecule has 0 aliphatic heterocycles. The van der Waals surface area contributed by atoms with E-state index in [1.807, 2.05) is 72.8 Å². The Labute approximate surface area is 197 Å². The summed E-state index contributed by atoms with van der Waals surface area (Å²) in [5.74, 6) is -0.330. The minimum absolute atomic E-state index is 0.324. The summed E-state index contributed by atoms with van der Waals surface area (Å²) in [7, 11) is 0. The first kappa shape index (κ1) is 22.5. The maximum atomic E-state index is 13.2. The van der Waals surface area contributed by atoms with Crippen LogP contribution in [0.5, 0.6) is 0 Å². The minimum Gasteiger partial charge on any atom is -0.465 e. The van der Waals surface area contributed by atoms with Crippen molar-refractivity contribution in [3.05, 3.63) is 108 Å². The Morgan fingerprint density at radius 1 is 0.765 bits per heavy atom. The molecule has 2 amide bonds. The van der Waals surface area contributed by atoms with Crippen LogP contribution >= 0.6 is 0 Å². The van der Waals surface area contributed by atoms with E-state index in [1.165, 1.54) is 0 Å². The molecule has 170 valence electrons. The van der Waals surface area contributed by atoms with Gasteiger partial charge >= 0.3 is 6.09 Å². The summed E-state index contributed by atoms with van der Waals surface area (Å²) >= 11 is 0. The Morgan fingerprint density at radius 3 is 2.18 bits per heavy atom. The molecule has 0 atom stereocenters. The van der Waals surface area contributed by atoms with E-state index < -0.39 is 6.09 Å². The van der Waals surface area contributed by atoms with E-state index in [9.17, 15) is 9.59 Å². The van der Waals surface area contributed by atoms with E-state index in [0.717, 1.165) is 29.9 Å². The first-order chi connectivity index (χ1) is 16.6. The predicted molar refractivity (Wildman–Crippen MR) is 134 cm³/mol. The van der Waals surface area contributed by atoms with Gasteiger partial charge in [0.1, 0.15) is 0 Å². The zero-order valence-corrected chi connectivity index (χ0v) is 18.4. The first-order valence-corrected chi connectivity index (χ1v) is 10.8. The van der Waals surface area contributed by atoms with Gasteiger partial charge in [0.25, 0.3) is 5.91 Å². The average molecular weight is 453 g/mol. The third kappa shape index (κ3) is 5.98. The number of pyridine rings is 1. The number of carboxylic acid groups (broad SMARTS) is 1. The second-order valence-electron chi connectivity index (χ2n) is 7.59. The van der Waals surface area contributed by atoms with Crippen LogP contribution in [0.25, 0.3) is 11.1 Å². The average Bonchev–Trinajstić information content (AvgIpc) is 2.86. The number of carbonyl (C=O) groups excluding carboxylic acids is 1. The molecule has 4 rings (SSSR count). The minimum atomic E-state index is -1.19. The Morgan fingerprint density at radius 2 is 1.47 bits per heavy atom. The maximum Gasteiger partial charge on any atom is 0.409 e. The summed E-state index contributed by atoms with van der Waals surface area (Å²) in [5.41, 5.74) is 4.86. The number of carbonyl (C=O) groups is 2. The second-order valence-corrected chi connectivity index (χ2v) is 7.59. The van der Waals surface area contributed by atoms with Crippen molar-refractivity contribution in [2.45, 2.75) is 6.42 Å². The summed E-state index contributed by atoms with van der Waals surface area (Å²) in [6, 6.07) is 27.7. The highest BCUT2D eigenvalue weighted by Crippen LogP contribution is 2.27. The van der Waals surface area contributed by atoms with Gasteiger partial charge in [0.15, 0.2) is 0 Å². The van der Waals surface area contributed by atoms with Crippen LogP contribution in [0, 0.1) is 0 Å². The molecule has 1 heterocycles. The van der Waals surface area contributed by atoms with Crippen LogP contribution in [-0.2, 0) is 6.42 Å². The number of hydrogen-bond donors (Lipinski definition) is 4. The van der Waals surface area contributed by atoms with Crippen molar-refractivity contribution < 1.29 is 14.7 Å². The lowest BCUT2D eigenvalue weighted by atomic mass is 9.98. The number of rotatable bonds is 8. The van der Waals surface area contributed by atoms with Crippen molar-refractivity contribution in [1.82, 2.24) is 4.98 Å². The van der Waals surface area contributed by atoms with E-state index in [2.05, 4.69) is 20.9 Å². The van der Waals surface area contributed by atoms with E-state index in [-0.39, 0.29) is 5.91 Å². The fourth-order valence-corrected chi connectivity index (χ4v) is 3.55. The highest BCUT2D eigenvalue weighted by atomic mass is 16.4. The molecule has 0 bridgehead atoms. The van der Waals surface area contributed by atoms with Gasteiger partial charge in [-0.05, 0) is 59.7 Å². The van der Waals surface area contributed by atoms with Gasteiger partial charge in [-0.25, -0.2) is 4.79 Å². The molecule has 0 spiro atoms. The lowest BCUT2D eigenvalue weighted by Gasteiger charge is -2.13. The van der Waals surface area contributed by atoms with Crippen molar-refractivity contribution in [2.24, 2.45) is 0 Å². The largest absolute Gasteiger partial charge is 0.465 e. The van der Waals surface area contributed by atoms with E-state index >= 15 is 0 Å². The van der Waals surface area contributed by atoms with Crippen LogP contribution in [-0.4, -0.2) is 28.6 Å². The zero-order chi connectivity index (χ0) is 23.8. The SMILES string of the molecule is O=C(O)Nc1ccc(-c2ccccc2)c(C(=O)Nc2ccc(NCCc3ccccn3)cc2)c1. The smallest absolute Gasteiger partial charge is 0.409 e. The van der Waals surface area contributed by atoms with Crippen LogP contribution in [0.3, 0.4) is 0 Å². The highest BCUT2D eigenvalue weighted by molar-refractivity contribution is 6.09. The fraction of sp³-hybridized carbons (Fsp3) is 0.0741. The van der Waals surface area contributed by atoms with Gasteiger partial charge in [-0.3, -0.25) is 15.1 Å². The number of anilines is 3. The molecule has 0 unspecified atom stereocenters. The molecule has 7 nitrogen and oxygen atoms in total. The van der Waals surface area contributed by atoms with Gasteiger partial charge in [0.2, 0.25) is 0 Å².